The summed E-state index contributed by atoms with van der Waals surface area (Å²) in [6.07, 6.45) is 1.48. The molecule has 1 aromatic rings. The molecular formula is C13H19N3O3. The van der Waals surface area contributed by atoms with Crippen molar-refractivity contribution in [3.05, 3.63) is 22.1 Å². The summed E-state index contributed by atoms with van der Waals surface area (Å²) in [6.45, 7) is 5.08. The van der Waals surface area contributed by atoms with Crippen LogP contribution in [0.2, 0.25) is 0 Å². The first-order valence-electron chi connectivity index (χ1n) is 6.56. The van der Waals surface area contributed by atoms with Gasteiger partial charge >= 0.3 is 5.97 Å². The summed E-state index contributed by atoms with van der Waals surface area (Å²) in [5.74, 6) is -0.517. The van der Waals surface area contributed by atoms with E-state index in [1.165, 1.54) is 6.07 Å². The Morgan fingerprint density at radius 2 is 2.32 bits per heavy atom. The van der Waals surface area contributed by atoms with Gasteiger partial charge in [-0.15, -0.1) is 0 Å². The van der Waals surface area contributed by atoms with Gasteiger partial charge in [-0.3, -0.25) is 14.6 Å². The van der Waals surface area contributed by atoms with Crippen molar-refractivity contribution in [3.8, 4) is 0 Å². The van der Waals surface area contributed by atoms with Gasteiger partial charge in [0.2, 0.25) is 5.95 Å². The van der Waals surface area contributed by atoms with Crippen LogP contribution in [0.5, 0.6) is 0 Å². The molecule has 2 N–H and O–H groups in total. The second-order valence-corrected chi connectivity index (χ2v) is 5.27. The maximum absolute atomic E-state index is 11.6. The van der Waals surface area contributed by atoms with Gasteiger partial charge in [-0.1, -0.05) is 13.8 Å². The molecule has 104 valence electrons. The minimum absolute atomic E-state index is 0.168. The molecule has 0 aliphatic carbocycles. The van der Waals surface area contributed by atoms with Gasteiger partial charge in [0.15, 0.2) is 0 Å². The number of anilines is 1. The van der Waals surface area contributed by atoms with Crippen molar-refractivity contribution in [2.45, 2.75) is 32.6 Å². The zero-order valence-corrected chi connectivity index (χ0v) is 11.2. The van der Waals surface area contributed by atoms with Crippen molar-refractivity contribution in [2.24, 2.45) is 5.92 Å². The van der Waals surface area contributed by atoms with Gasteiger partial charge in [-0.25, -0.2) is 4.98 Å². The first kappa shape index (κ1) is 13.6. The maximum atomic E-state index is 11.6. The second-order valence-electron chi connectivity index (χ2n) is 5.27. The number of aromatic amines is 1. The quantitative estimate of drug-likeness (QED) is 0.857. The van der Waals surface area contributed by atoms with Crippen LogP contribution in [0, 0.1) is 5.92 Å². The molecule has 1 aromatic heterocycles. The number of hydrogen-bond acceptors (Lipinski definition) is 4. The first-order valence-corrected chi connectivity index (χ1v) is 6.56. The van der Waals surface area contributed by atoms with Crippen LogP contribution in [0.15, 0.2) is 10.9 Å². The summed E-state index contributed by atoms with van der Waals surface area (Å²) in [7, 11) is 0. The molecule has 0 radical (unpaired) electrons. The van der Waals surface area contributed by atoms with Gasteiger partial charge in [0.05, 0.1) is 11.6 Å². The van der Waals surface area contributed by atoms with Crippen LogP contribution in [0.1, 0.15) is 38.3 Å². The Morgan fingerprint density at radius 3 is 2.95 bits per heavy atom. The number of carboxylic acids is 1. The predicted octanol–water partition coefficient (Wildman–Crippen LogP) is 1.19. The number of aromatic nitrogens is 2. The molecule has 0 spiro atoms. The van der Waals surface area contributed by atoms with Crippen LogP contribution >= 0.6 is 0 Å². The van der Waals surface area contributed by atoms with Crippen LogP contribution in [-0.4, -0.2) is 34.1 Å². The summed E-state index contributed by atoms with van der Waals surface area (Å²) in [6, 6.07) is 1.49. The van der Waals surface area contributed by atoms with Crippen molar-refractivity contribution < 1.29 is 9.90 Å². The molecular weight excluding hydrogens is 246 g/mol. The van der Waals surface area contributed by atoms with Crippen LogP contribution < -0.4 is 10.5 Å². The maximum Gasteiger partial charge on any atom is 0.308 e. The number of carbonyl (C=O) groups is 1. The Kier molecular flexibility index (Phi) is 3.87. The summed E-state index contributed by atoms with van der Waals surface area (Å²) < 4.78 is 0. The first-order chi connectivity index (χ1) is 8.97. The molecule has 0 amide bonds. The normalized spacial score (nSPS) is 19.7. The summed E-state index contributed by atoms with van der Waals surface area (Å²) in [4.78, 5) is 31.7. The molecule has 1 saturated heterocycles. The van der Waals surface area contributed by atoms with E-state index < -0.39 is 5.97 Å². The van der Waals surface area contributed by atoms with Crippen LogP contribution in [0.25, 0.3) is 0 Å². The average molecular weight is 265 g/mol. The van der Waals surface area contributed by atoms with Gasteiger partial charge in [0.25, 0.3) is 5.56 Å². The number of piperidine rings is 1. The number of H-pyrrole nitrogens is 1. The van der Waals surface area contributed by atoms with Gasteiger partial charge in [-0.05, 0) is 18.8 Å². The number of nitrogens with one attached hydrogen (secondary N) is 1. The molecule has 0 aromatic carbocycles. The highest BCUT2D eigenvalue weighted by molar-refractivity contribution is 5.71. The van der Waals surface area contributed by atoms with Gasteiger partial charge in [0.1, 0.15) is 0 Å². The zero-order valence-electron chi connectivity index (χ0n) is 11.2. The largest absolute Gasteiger partial charge is 0.481 e. The van der Waals surface area contributed by atoms with E-state index >= 15 is 0 Å². The average Bonchev–Trinajstić information content (AvgIpc) is 2.38. The molecule has 19 heavy (non-hydrogen) atoms. The smallest absolute Gasteiger partial charge is 0.308 e. The minimum Gasteiger partial charge on any atom is -0.481 e. The molecule has 1 aliphatic heterocycles. The predicted molar refractivity (Wildman–Crippen MR) is 71.5 cm³/mol. The van der Waals surface area contributed by atoms with E-state index in [9.17, 15) is 9.59 Å². The molecule has 2 heterocycles. The molecule has 6 heteroatoms. The Labute approximate surface area is 111 Å². The topological polar surface area (TPSA) is 86.3 Å². The summed E-state index contributed by atoms with van der Waals surface area (Å²) in [5, 5.41) is 9.08. The highest BCUT2D eigenvalue weighted by Gasteiger charge is 2.26. The van der Waals surface area contributed by atoms with Crippen LogP contribution in [-0.2, 0) is 4.79 Å². The molecule has 1 aliphatic rings. The van der Waals surface area contributed by atoms with E-state index in [4.69, 9.17) is 5.11 Å². The SMILES string of the molecule is CC(C)c1cc(=O)[nH]c(N2CCCC(C(=O)O)C2)n1. The highest BCUT2D eigenvalue weighted by Crippen LogP contribution is 2.21. The van der Waals surface area contributed by atoms with E-state index in [0.29, 0.717) is 18.9 Å². The fourth-order valence-electron chi connectivity index (χ4n) is 2.28. The Morgan fingerprint density at radius 1 is 1.58 bits per heavy atom. The number of carboxylic acid groups (broad SMARTS) is 1. The lowest BCUT2D eigenvalue weighted by molar-refractivity contribution is -0.141. The van der Waals surface area contributed by atoms with Crippen molar-refractivity contribution in [1.29, 1.82) is 0 Å². The van der Waals surface area contributed by atoms with E-state index in [2.05, 4.69) is 9.97 Å². The molecule has 0 bridgehead atoms. The van der Waals surface area contributed by atoms with E-state index in [-0.39, 0.29) is 17.4 Å². The molecule has 1 atom stereocenters. The fraction of sp³-hybridized carbons (Fsp3) is 0.615. The van der Waals surface area contributed by atoms with Gasteiger partial charge in [0, 0.05) is 19.2 Å². The Balaban J connectivity index is 2.26. The van der Waals surface area contributed by atoms with Crippen molar-refractivity contribution in [1.82, 2.24) is 9.97 Å². The molecule has 0 saturated carbocycles. The third kappa shape index (κ3) is 3.13. The van der Waals surface area contributed by atoms with Crippen molar-refractivity contribution in [2.75, 3.05) is 18.0 Å². The zero-order chi connectivity index (χ0) is 14.0. The van der Waals surface area contributed by atoms with Gasteiger partial charge < -0.3 is 10.0 Å². The summed E-state index contributed by atoms with van der Waals surface area (Å²) in [5.41, 5.74) is 0.544. The number of hydrogen-bond donors (Lipinski definition) is 2. The number of rotatable bonds is 3. The second kappa shape index (κ2) is 5.42. The minimum atomic E-state index is -0.785. The third-order valence-corrected chi connectivity index (χ3v) is 3.41. The lowest BCUT2D eigenvalue weighted by Gasteiger charge is -2.31. The molecule has 6 nitrogen and oxygen atoms in total. The monoisotopic (exact) mass is 265 g/mol. The lowest BCUT2D eigenvalue weighted by Crippen LogP contribution is -2.40. The van der Waals surface area contributed by atoms with E-state index in [0.717, 1.165) is 18.7 Å². The summed E-state index contributed by atoms with van der Waals surface area (Å²) >= 11 is 0. The van der Waals surface area contributed by atoms with Crippen molar-refractivity contribution in [3.63, 3.8) is 0 Å². The molecule has 2 rings (SSSR count). The fourth-order valence-corrected chi connectivity index (χ4v) is 2.28. The Bertz CT molecular complexity index is 524. The van der Waals surface area contributed by atoms with E-state index in [1.807, 2.05) is 18.7 Å². The van der Waals surface area contributed by atoms with Crippen molar-refractivity contribution >= 4 is 11.9 Å². The third-order valence-electron chi connectivity index (χ3n) is 3.41. The number of aliphatic carboxylic acids is 1. The standard InChI is InChI=1S/C13H19N3O3/c1-8(2)10-6-11(17)15-13(14-10)16-5-3-4-9(7-16)12(18)19/h6,8-9H,3-5,7H2,1-2H3,(H,18,19)(H,14,15,17). The van der Waals surface area contributed by atoms with Gasteiger partial charge in [-0.2, -0.15) is 0 Å². The molecule has 1 fully saturated rings. The molecule has 1 unspecified atom stereocenters. The van der Waals surface area contributed by atoms with Crippen LogP contribution in [0.3, 0.4) is 0 Å². The lowest BCUT2D eigenvalue weighted by atomic mass is 9.99. The van der Waals surface area contributed by atoms with Crippen LogP contribution in [0.4, 0.5) is 5.95 Å². The number of nitrogens with zero attached hydrogens (tertiary/aromatic N) is 2. The highest BCUT2D eigenvalue weighted by atomic mass is 16.4. The Hall–Kier alpha value is -1.85. The van der Waals surface area contributed by atoms with E-state index in [1.54, 1.807) is 0 Å².